The number of carboxylic acids is 1. The lowest BCUT2D eigenvalue weighted by molar-refractivity contribution is -0.133. The number of rotatable bonds is 1. The Balaban J connectivity index is 2.85. The van der Waals surface area contributed by atoms with E-state index in [0.717, 1.165) is 0 Å². The molecule has 0 rings (SSSR count). The maximum absolute atomic E-state index is 9.32. The first-order valence-electron chi connectivity index (χ1n) is 1.05. The second-order valence-electron chi connectivity index (χ2n) is 0.527. The number of halogens is 1. The van der Waals surface area contributed by atoms with Gasteiger partial charge in [0.25, 0.3) is 0 Å². The fourth-order valence-corrected chi connectivity index (χ4v) is 0. The van der Waals surface area contributed by atoms with Crippen molar-refractivity contribution in [1.82, 2.24) is 0 Å². The summed E-state index contributed by atoms with van der Waals surface area (Å²) in [6.07, 6.45) is 0. The van der Waals surface area contributed by atoms with E-state index in [2.05, 4.69) is 15.9 Å². The maximum Gasteiger partial charge on any atom is 0.314 e. The van der Waals surface area contributed by atoms with Crippen LogP contribution in [0.5, 0.6) is 0 Å². The Morgan fingerprint density at radius 3 is 2.20 bits per heavy atom. The van der Waals surface area contributed by atoms with Crippen LogP contribution in [-0.4, -0.2) is 16.4 Å². The van der Waals surface area contributed by atoms with Gasteiger partial charge in [-0.25, -0.2) is 0 Å². The van der Waals surface area contributed by atoms with Gasteiger partial charge in [0.15, 0.2) is 0 Å². The van der Waals surface area contributed by atoms with Gasteiger partial charge < -0.3 is 5.11 Å². The molecule has 30 valence electrons. The number of hydrogen-bond acceptors (Lipinski definition) is 1. The Morgan fingerprint density at radius 2 is 2.20 bits per heavy atom. The molecule has 0 bridgehead atoms. The van der Waals surface area contributed by atoms with Crippen LogP contribution in [0.1, 0.15) is 0 Å². The van der Waals surface area contributed by atoms with Crippen molar-refractivity contribution in [3.63, 3.8) is 0 Å². The molecule has 0 spiro atoms. The molecule has 0 amide bonds. The molecule has 0 aliphatic heterocycles. The molecule has 0 aromatic heterocycles. The van der Waals surface area contributed by atoms with E-state index in [1.165, 1.54) is 0 Å². The zero-order valence-corrected chi connectivity index (χ0v) is 4.03. The predicted octanol–water partition coefficient (Wildman–Crippen LogP) is 0.466. The van der Waals surface area contributed by atoms with Crippen molar-refractivity contribution in [2.45, 2.75) is 0 Å². The predicted molar refractivity (Wildman–Crippen MR) is 21.4 cm³/mol. The van der Waals surface area contributed by atoms with Crippen LogP contribution in [-0.2, 0) is 4.79 Å². The van der Waals surface area contributed by atoms with Crippen molar-refractivity contribution in [3.8, 4) is 0 Å². The summed E-state index contributed by atoms with van der Waals surface area (Å²) in [6.45, 7) is 0. The first-order chi connectivity index (χ1) is 2.27. The number of hydrogen-bond donors (Lipinski definition) is 1. The van der Waals surface area contributed by atoms with Crippen molar-refractivity contribution in [1.29, 1.82) is 0 Å². The first kappa shape index (κ1) is 4.95. The van der Waals surface area contributed by atoms with E-state index in [4.69, 9.17) is 5.11 Å². The summed E-state index contributed by atoms with van der Waals surface area (Å²) in [5.74, 6) is -0.829. The van der Waals surface area contributed by atoms with Crippen LogP contribution in [0.3, 0.4) is 0 Å². The molecule has 2 nitrogen and oxygen atoms in total. The molecule has 0 aliphatic rings. The molecule has 0 saturated carbocycles. The molecular weight excluding hydrogens is 137 g/mol. The molecule has 0 aromatic rings. The summed E-state index contributed by atoms with van der Waals surface area (Å²) >= 11 is 2.71. The van der Waals surface area contributed by atoms with Crippen molar-refractivity contribution in [2.24, 2.45) is 0 Å². The quantitative estimate of drug-likeness (QED) is 0.424. The number of carbonyl (C=O) groups is 1. The van der Waals surface area contributed by atoms with Crippen LogP contribution in [0.15, 0.2) is 0 Å². The topological polar surface area (TPSA) is 37.3 Å². The summed E-state index contributed by atoms with van der Waals surface area (Å²) < 4.78 is 0. The van der Waals surface area contributed by atoms with Crippen LogP contribution in [0.4, 0.5) is 0 Å². The number of alkyl halides is 1. The molecule has 0 unspecified atom stereocenters. The highest BCUT2D eigenvalue weighted by Crippen LogP contribution is 1.73. The van der Waals surface area contributed by atoms with Crippen LogP contribution in [0.25, 0.3) is 0 Å². The Morgan fingerprint density at radius 1 is 2.00 bits per heavy atom. The van der Waals surface area contributed by atoms with E-state index in [0.29, 0.717) is 0 Å². The molecule has 0 heterocycles. The van der Waals surface area contributed by atoms with E-state index in [1.807, 2.05) is 0 Å². The van der Waals surface area contributed by atoms with Crippen molar-refractivity contribution in [2.75, 3.05) is 5.33 Å². The van der Waals surface area contributed by atoms with Crippen molar-refractivity contribution in [3.05, 3.63) is 0 Å². The minimum Gasteiger partial charge on any atom is -0.481 e. The second-order valence-corrected chi connectivity index (χ2v) is 1.09. The van der Waals surface area contributed by atoms with E-state index in [-0.39, 0.29) is 5.33 Å². The van der Waals surface area contributed by atoms with Gasteiger partial charge in [0.05, 0.1) is 0 Å². The van der Waals surface area contributed by atoms with E-state index < -0.39 is 5.97 Å². The SMILES string of the molecule is O=C(O)[13CH2]Br. The number of carboxylic acid groups (broad SMARTS) is 1. The first-order valence-corrected chi connectivity index (χ1v) is 2.17. The molecule has 0 atom stereocenters. The molecule has 0 fully saturated rings. The summed E-state index contributed by atoms with van der Waals surface area (Å²) in [5, 5.41) is 7.71. The van der Waals surface area contributed by atoms with Gasteiger partial charge in [-0.3, -0.25) is 4.79 Å². The third kappa shape index (κ3) is 3.95. The number of aliphatic carboxylic acids is 1. The van der Waals surface area contributed by atoms with Gasteiger partial charge in [0, 0.05) is 0 Å². The Labute approximate surface area is 37.9 Å². The lowest BCUT2D eigenvalue weighted by Crippen LogP contribution is -1.92. The maximum atomic E-state index is 9.32. The molecule has 1 N–H and O–H groups in total. The van der Waals surface area contributed by atoms with Crippen molar-refractivity contribution < 1.29 is 9.90 Å². The Kier molecular flexibility index (Phi) is 2.18. The van der Waals surface area contributed by atoms with Crippen LogP contribution >= 0.6 is 15.9 Å². The smallest absolute Gasteiger partial charge is 0.314 e. The van der Waals surface area contributed by atoms with E-state index in [1.54, 1.807) is 0 Å². The normalized spacial score (nSPS) is 7.40. The zero-order valence-electron chi connectivity index (χ0n) is 2.44. The minimum atomic E-state index is -0.829. The molecule has 3 heteroatoms. The lowest BCUT2D eigenvalue weighted by Gasteiger charge is -1.70. The standard InChI is InChI=1S/C2H3BrO2/c3-1-2(4)5/h1H2,(H,4,5)/i1+1. The van der Waals surface area contributed by atoms with Gasteiger partial charge in [-0.1, -0.05) is 15.9 Å². The zero-order chi connectivity index (χ0) is 4.28. The highest BCUT2D eigenvalue weighted by Gasteiger charge is 1.83. The van der Waals surface area contributed by atoms with E-state index in [9.17, 15) is 4.79 Å². The Bertz CT molecular complexity index is 42.9. The molecule has 5 heavy (non-hydrogen) atoms. The monoisotopic (exact) mass is 139 g/mol. The van der Waals surface area contributed by atoms with Gasteiger partial charge in [-0.15, -0.1) is 0 Å². The molecule has 0 aromatic carbocycles. The fourth-order valence-electron chi connectivity index (χ4n) is 0. The average Bonchev–Trinajstić information content (AvgIpc) is 1.38. The second kappa shape index (κ2) is 2.20. The summed E-state index contributed by atoms with van der Waals surface area (Å²) in [7, 11) is 0. The van der Waals surface area contributed by atoms with Gasteiger partial charge in [0.1, 0.15) is 5.33 Å². The highest BCUT2D eigenvalue weighted by molar-refractivity contribution is 9.09. The molecule has 0 saturated heterocycles. The van der Waals surface area contributed by atoms with Gasteiger partial charge in [0.2, 0.25) is 0 Å². The summed E-state index contributed by atoms with van der Waals surface area (Å²) in [6, 6.07) is 0. The third-order valence-corrected chi connectivity index (χ3v) is 0.594. The van der Waals surface area contributed by atoms with Gasteiger partial charge in [-0.2, -0.15) is 0 Å². The van der Waals surface area contributed by atoms with E-state index >= 15 is 0 Å². The Hall–Kier alpha value is -0.0500. The lowest BCUT2D eigenvalue weighted by atomic mass is 11.2. The average molecular weight is 140 g/mol. The molecule has 0 aliphatic carbocycles. The summed E-state index contributed by atoms with van der Waals surface area (Å²) in [4.78, 5) is 9.32. The van der Waals surface area contributed by atoms with Gasteiger partial charge >= 0.3 is 5.97 Å². The largest absolute Gasteiger partial charge is 0.481 e. The van der Waals surface area contributed by atoms with Crippen molar-refractivity contribution >= 4 is 21.9 Å². The van der Waals surface area contributed by atoms with Crippen LogP contribution in [0, 0.1) is 0 Å². The van der Waals surface area contributed by atoms with Crippen LogP contribution < -0.4 is 0 Å². The summed E-state index contributed by atoms with van der Waals surface area (Å²) in [5.41, 5.74) is 0. The van der Waals surface area contributed by atoms with Gasteiger partial charge in [-0.05, 0) is 0 Å². The molecular formula is C2H3BrO2. The highest BCUT2D eigenvalue weighted by atomic mass is 79.9. The van der Waals surface area contributed by atoms with Crippen LogP contribution in [0.2, 0.25) is 0 Å². The minimum absolute atomic E-state index is 0.0347. The molecule has 0 radical (unpaired) electrons. The third-order valence-electron chi connectivity index (χ3n) is 0.114. The fraction of sp³-hybridized carbons (Fsp3) is 0.500.